The molecule has 21 heavy (non-hydrogen) atoms. The second kappa shape index (κ2) is 5.97. The maximum absolute atomic E-state index is 10.9. The Balaban J connectivity index is 2.13. The summed E-state index contributed by atoms with van der Waals surface area (Å²) < 4.78 is 33.0. The van der Waals surface area contributed by atoms with Gasteiger partial charge in [-0.3, -0.25) is 0 Å². The lowest BCUT2D eigenvalue weighted by Crippen LogP contribution is -2.22. The fraction of sp³-hybridized carbons (Fsp3) is 0.429. The minimum absolute atomic E-state index is 0.0672. The van der Waals surface area contributed by atoms with Crippen LogP contribution in [0.5, 0.6) is 0 Å². The second-order valence-corrected chi connectivity index (χ2v) is 6.10. The molecule has 1 aliphatic heterocycles. The number of carboxylic acid groups (broad SMARTS) is 1. The number of hydrogen-bond acceptors (Lipinski definition) is 5. The van der Waals surface area contributed by atoms with E-state index >= 15 is 0 Å². The Morgan fingerprint density at radius 2 is 1.95 bits per heavy atom. The third-order valence-corrected chi connectivity index (χ3v) is 3.85. The largest absolute Gasteiger partial charge is 0.477 e. The first-order valence-corrected chi connectivity index (χ1v) is 7.46. The van der Waals surface area contributed by atoms with Gasteiger partial charge in [-0.25, -0.2) is 4.79 Å². The average molecular weight is 312 g/mol. The molecule has 0 aromatic heterocycles. The zero-order chi connectivity index (χ0) is 15.6. The summed E-state index contributed by atoms with van der Waals surface area (Å²) in [4.78, 5) is 10.3. The summed E-state index contributed by atoms with van der Waals surface area (Å²) in [5, 5.41) is 8.89. The van der Waals surface area contributed by atoms with Gasteiger partial charge in [0.15, 0.2) is 10.7 Å². The highest BCUT2D eigenvalue weighted by molar-refractivity contribution is 7.75. The molecule has 114 valence electrons. The lowest BCUT2D eigenvalue weighted by Gasteiger charge is -2.17. The second-order valence-electron chi connectivity index (χ2n) is 5.22. The van der Waals surface area contributed by atoms with Crippen LogP contribution >= 0.6 is 0 Å². The van der Waals surface area contributed by atoms with Gasteiger partial charge in [0.2, 0.25) is 10.3 Å². The van der Waals surface area contributed by atoms with Crippen molar-refractivity contribution >= 4 is 21.1 Å². The van der Waals surface area contributed by atoms with Crippen LogP contribution in [0.4, 0.5) is 0 Å². The molecule has 0 amide bonds. The van der Waals surface area contributed by atoms with E-state index in [0.717, 1.165) is 5.56 Å². The van der Waals surface area contributed by atoms with Gasteiger partial charge in [-0.15, -0.1) is 0 Å². The standard InChI is InChI=1S/C14H16O6S/c1-14(2)19-8-11(20-14)7-9-3-5-10(6-4-9)12(13(15)16)21(17)18/h3-6,11H,7-8H2,1-2H3,(H,15,16)/t11-/m1/s1. The van der Waals surface area contributed by atoms with Gasteiger partial charge in [-0.1, -0.05) is 24.3 Å². The molecule has 0 bridgehead atoms. The summed E-state index contributed by atoms with van der Waals surface area (Å²) in [7, 11) is -2.78. The van der Waals surface area contributed by atoms with Gasteiger partial charge in [0.25, 0.3) is 0 Å². The van der Waals surface area contributed by atoms with Crippen LogP contribution in [0.2, 0.25) is 0 Å². The van der Waals surface area contributed by atoms with Crippen LogP contribution in [0.15, 0.2) is 24.3 Å². The van der Waals surface area contributed by atoms with Gasteiger partial charge >= 0.3 is 5.97 Å². The van der Waals surface area contributed by atoms with Crippen molar-refractivity contribution in [3.63, 3.8) is 0 Å². The van der Waals surface area contributed by atoms with Crippen LogP contribution in [0.25, 0.3) is 0 Å². The summed E-state index contributed by atoms with van der Waals surface area (Å²) >= 11 is 0. The van der Waals surface area contributed by atoms with Gasteiger partial charge in [0.1, 0.15) is 0 Å². The van der Waals surface area contributed by atoms with E-state index in [-0.39, 0.29) is 11.7 Å². The summed E-state index contributed by atoms with van der Waals surface area (Å²) in [6, 6.07) is 6.35. The molecule has 1 N–H and O–H groups in total. The van der Waals surface area contributed by atoms with Crippen molar-refractivity contribution in [1.29, 1.82) is 0 Å². The number of ether oxygens (including phenoxy) is 2. The predicted molar refractivity (Wildman–Crippen MR) is 75.7 cm³/mol. The van der Waals surface area contributed by atoms with E-state index in [9.17, 15) is 13.2 Å². The highest BCUT2D eigenvalue weighted by atomic mass is 32.2. The van der Waals surface area contributed by atoms with Crippen LogP contribution < -0.4 is 0 Å². The summed E-state index contributed by atoms with van der Waals surface area (Å²) in [6.07, 6.45) is 0.550. The maximum Gasteiger partial charge on any atom is 0.352 e. The Labute approximate surface area is 123 Å². The average Bonchev–Trinajstić information content (AvgIpc) is 2.70. The highest BCUT2D eigenvalue weighted by Crippen LogP contribution is 2.24. The van der Waals surface area contributed by atoms with Crippen molar-refractivity contribution in [3.8, 4) is 0 Å². The first kappa shape index (κ1) is 15.7. The van der Waals surface area contributed by atoms with E-state index in [1.807, 2.05) is 13.8 Å². The quantitative estimate of drug-likeness (QED) is 0.655. The fourth-order valence-electron chi connectivity index (χ4n) is 2.21. The van der Waals surface area contributed by atoms with Crippen LogP contribution in [0.1, 0.15) is 25.0 Å². The Hall–Kier alpha value is -1.70. The SMILES string of the molecule is CC1(C)OC[C@@H](Cc2ccc(C(C(=O)O)=S(=O)=O)cc2)O1. The van der Waals surface area contributed by atoms with E-state index < -0.39 is 26.9 Å². The molecule has 1 aromatic rings. The molecule has 7 heteroatoms. The van der Waals surface area contributed by atoms with Crippen LogP contribution in [0.3, 0.4) is 0 Å². The van der Waals surface area contributed by atoms with E-state index in [4.69, 9.17) is 14.6 Å². The normalized spacial score (nSPS) is 20.2. The zero-order valence-corrected chi connectivity index (χ0v) is 12.5. The fourth-order valence-corrected chi connectivity index (χ4v) is 2.68. The first-order chi connectivity index (χ1) is 9.78. The summed E-state index contributed by atoms with van der Waals surface area (Å²) in [6.45, 7) is 4.17. The lowest BCUT2D eigenvalue weighted by atomic mass is 10.0. The number of rotatable bonds is 4. The molecule has 1 atom stereocenters. The van der Waals surface area contributed by atoms with Gasteiger partial charge in [0, 0.05) is 12.0 Å². The van der Waals surface area contributed by atoms with Gasteiger partial charge in [-0.05, 0) is 19.4 Å². The molecule has 1 heterocycles. The third kappa shape index (κ3) is 3.90. The third-order valence-electron chi connectivity index (χ3n) is 3.11. The number of carboxylic acids is 1. The van der Waals surface area contributed by atoms with Crippen molar-refractivity contribution in [1.82, 2.24) is 0 Å². The van der Waals surface area contributed by atoms with Crippen molar-refractivity contribution in [3.05, 3.63) is 35.4 Å². The minimum Gasteiger partial charge on any atom is -0.477 e. The zero-order valence-electron chi connectivity index (χ0n) is 11.7. The first-order valence-electron chi connectivity index (χ1n) is 6.39. The maximum atomic E-state index is 10.9. The molecule has 1 saturated heterocycles. The Bertz CT molecular complexity index is 664. The Kier molecular flexibility index (Phi) is 4.46. The van der Waals surface area contributed by atoms with Crippen molar-refractivity contribution in [2.75, 3.05) is 6.61 Å². The number of benzene rings is 1. The topological polar surface area (TPSA) is 89.9 Å². The molecule has 0 saturated carbocycles. The molecule has 0 aliphatic carbocycles. The number of aliphatic carboxylic acids is 1. The Morgan fingerprint density at radius 3 is 2.38 bits per heavy atom. The van der Waals surface area contributed by atoms with E-state index in [1.54, 1.807) is 12.1 Å². The monoisotopic (exact) mass is 312 g/mol. The molecule has 0 unspecified atom stereocenters. The van der Waals surface area contributed by atoms with E-state index in [0.29, 0.717) is 13.0 Å². The van der Waals surface area contributed by atoms with Gasteiger partial charge in [0.05, 0.1) is 12.7 Å². The molecule has 1 aliphatic rings. The lowest BCUT2D eigenvalue weighted by molar-refractivity contribution is -0.138. The molecule has 1 fully saturated rings. The Morgan fingerprint density at radius 1 is 1.33 bits per heavy atom. The van der Waals surface area contributed by atoms with Crippen molar-refractivity contribution in [2.24, 2.45) is 0 Å². The van der Waals surface area contributed by atoms with E-state index in [2.05, 4.69) is 0 Å². The molecule has 2 rings (SSSR count). The van der Waals surface area contributed by atoms with Crippen LogP contribution in [-0.4, -0.2) is 42.9 Å². The van der Waals surface area contributed by atoms with Crippen LogP contribution in [0, 0.1) is 0 Å². The molecule has 6 nitrogen and oxygen atoms in total. The van der Waals surface area contributed by atoms with Gasteiger partial charge in [-0.2, -0.15) is 8.42 Å². The van der Waals surface area contributed by atoms with Gasteiger partial charge < -0.3 is 14.6 Å². The van der Waals surface area contributed by atoms with Crippen LogP contribution in [-0.2, 0) is 31.0 Å². The highest BCUT2D eigenvalue weighted by Gasteiger charge is 2.32. The molecule has 0 radical (unpaired) electrons. The molecule has 0 spiro atoms. The number of hydrogen-bond donors (Lipinski definition) is 1. The van der Waals surface area contributed by atoms with E-state index in [1.165, 1.54) is 12.1 Å². The smallest absolute Gasteiger partial charge is 0.352 e. The number of carbonyl (C=O) groups is 1. The minimum atomic E-state index is -2.78. The molecular weight excluding hydrogens is 296 g/mol. The summed E-state index contributed by atoms with van der Waals surface area (Å²) in [5.41, 5.74) is 1.08. The predicted octanol–water partition coefficient (Wildman–Crippen LogP) is 0.865. The molecular formula is C14H16O6S. The van der Waals surface area contributed by atoms with Crippen molar-refractivity contribution < 1.29 is 27.8 Å². The van der Waals surface area contributed by atoms with Crippen molar-refractivity contribution in [2.45, 2.75) is 32.2 Å². The summed E-state index contributed by atoms with van der Waals surface area (Å²) in [5.74, 6) is -2.06. The molecule has 1 aromatic carbocycles.